The van der Waals surface area contributed by atoms with Gasteiger partial charge in [-0.25, -0.2) is 0 Å². The summed E-state index contributed by atoms with van der Waals surface area (Å²) in [5, 5.41) is 4.05. The first-order valence-electron chi connectivity index (χ1n) is 6.97. The van der Waals surface area contributed by atoms with Crippen LogP contribution in [0.1, 0.15) is 30.3 Å². The maximum atomic E-state index is 5.54. The number of benzene rings is 1. The second kappa shape index (κ2) is 5.73. The molecule has 0 aliphatic heterocycles. The van der Waals surface area contributed by atoms with Gasteiger partial charge in [-0.05, 0) is 49.4 Å². The number of ether oxygens (including phenoxy) is 1. The van der Waals surface area contributed by atoms with Crippen molar-refractivity contribution in [1.29, 1.82) is 0 Å². The Balaban J connectivity index is 1.78. The van der Waals surface area contributed by atoms with Crippen molar-refractivity contribution in [2.24, 2.45) is 11.7 Å². The Morgan fingerprint density at radius 1 is 1.35 bits per heavy atom. The molecule has 5 nitrogen and oxygen atoms in total. The Kier molecular flexibility index (Phi) is 3.80. The first kappa shape index (κ1) is 13.3. The summed E-state index contributed by atoms with van der Waals surface area (Å²) in [7, 11) is 1.70. The maximum absolute atomic E-state index is 5.54. The van der Waals surface area contributed by atoms with E-state index in [9.17, 15) is 0 Å². The van der Waals surface area contributed by atoms with Crippen molar-refractivity contribution < 1.29 is 9.26 Å². The van der Waals surface area contributed by atoms with E-state index in [2.05, 4.69) is 10.1 Å². The monoisotopic (exact) mass is 273 g/mol. The summed E-state index contributed by atoms with van der Waals surface area (Å²) in [5.74, 6) is 1.73. The smallest absolute Gasteiger partial charge is 0.258 e. The van der Waals surface area contributed by atoms with Gasteiger partial charge in [-0.1, -0.05) is 17.3 Å². The van der Waals surface area contributed by atoms with Crippen LogP contribution in [0.4, 0.5) is 0 Å². The summed E-state index contributed by atoms with van der Waals surface area (Å²) in [6.45, 7) is 0.654. The minimum absolute atomic E-state index is 0.0380. The molecule has 1 aliphatic rings. The molecule has 0 amide bonds. The molecule has 1 heterocycles. The van der Waals surface area contributed by atoms with Crippen molar-refractivity contribution in [3.63, 3.8) is 0 Å². The van der Waals surface area contributed by atoms with Crippen LogP contribution in [-0.4, -0.2) is 23.8 Å². The van der Waals surface area contributed by atoms with Crippen molar-refractivity contribution in [3.05, 3.63) is 35.7 Å². The van der Waals surface area contributed by atoms with E-state index in [1.54, 1.807) is 7.11 Å². The largest absolute Gasteiger partial charge is 0.373 e. The second-order valence-corrected chi connectivity index (χ2v) is 5.19. The van der Waals surface area contributed by atoms with Gasteiger partial charge in [0.1, 0.15) is 6.10 Å². The molecule has 0 radical (unpaired) electrons. The Labute approximate surface area is 118 Å². The van der Waals surface area contributed by atoms with E-state index in [1.165, 1.54) is 18.4 Å². The van der Waals surface area contributed by atoms with Crippen LogP contribution in [0, 0.1) is 5.92 Å². The molecule has 1 atom stereocenters. The van der Waals surface area contributed by atoms with E-state index in [0.717, 1.165) is 12.0 Å². The molecule has 0 saturated heterocycles. The van der Waals surface area contributed by atoms with Gasteiger partial charge in [0, 0.05) is 12.7 Å². The van der Waals surface area contributed by atoms with E-state index in [4.69, 9.17) is 15.0 Å². The van der Waals surface area contributed by atoms with Crippen molar-refractivity contribution in [2.45, 2.75) is 25.4 Å². The highest BCUT2D eigenvalue weighted by Crippen LogP contribution is 2.42. The van der Waals surface area contributed by atoms with Crippen LogP contribution in [0.25, 0.3) is 11.5 Å². The molecule has 106 valence electrons. The first-order valence-corrected chi connectivity index (χ1v) is 6.97. The molecule has 2 N–H and O–H groups in total. The molecule has 20 heavy (non-hydrogen) atoms. The van der Waals surface area contributed by atoms with E-state index < -0.39 is 0 Å². The number of hydrogen-bond donors (Lipinski definition) is 1. The topological polar surface area (TPSA) is 74.2 Å². The number of nitrogens with two attached hydrogens (primary N) is 1. The van der Waals surface area contributed by atoms with Gasteiger partial charge in [0.05, 0.1) is 0 Å². The Morgan fingerprint density at radius 2 is 2.10 bits per heavy atom. The Morgan fingerprint density at radius 3 is 2.70 bits per heavy atom. The average molecular weight is 273 g/mol. The number of methoxy groups -OCH3 is 1. The van der Waals surface area contributed by atoms with Gasteiger partial charge < -0.3 is 15.0 Å². The van der Waals surface area contributed by atoms with Crippen LogP contribution in [-0.2, 0) is 11.2 Å². The number of nitrogens with zero attached hydrogens (tertiary/aromatic N) is 2. The quantitative estimate of drug-likeness (QED) is 0.874. The molecular weight excluding hydrogens is 254 g/mol. The van der Waals surface area contributed by atoms with E-state index in [0.29, 0.717) is 24.2 Å². The zero-order chi connectivity index (χ0) is 13.9. The molecule has 0 bridgehead atoms. The third-order valence-corrected chi connectivity index (χ3v) is 3.63. The maximum Gasteiger partial charge on any atom is 0.258 e. The molecule has 1 aromatic carbocycles. The number of rotatable bonds is 6. The molecule has 2 aromatic rings. The summed E-state index contributed by atoms with van der Waals surface area (Å²) in [6, 6.07) is 8.06. The second-order valence-electron chi connectivity index (χ2n) is 5.19. The Hall–Kier alpha value is -1.72. The zero-order valence-electron chi connectivity index (χ0n) is 11.6. The molecule has 0 spiro atoms. The summed E-state index contributed by atoms with van der Waals surface area (Å²) in [6.07, 6.45) is 3.19. The van der Waals surface area contributed by atoms with Gasteiger partial charge in [-0.3, -0.25) is 0 Å². The van der Waals surface area contributed by atoms with Crippen LogP contribution >= 0.6 is 0 Å². The van der Waals surface area contributed by atoms with Gasteiger partial charge >= 0.3 is 0 Å². The van der Waals surface area contributed by atoms with Crippen LogP contribution < -0.4 is 5.73 Å². The lowest BCUT2D eigenvalue weighted by molar-refractivity contribution is 0.0751. The molecule has 5 heteroatoms. The van der Waals surface area contributed by atoms with Gasteiger partial charge in [0.2, 0.25) is 5.82 Å². The molecule has 3 rings (SSSR count). The van der Waals surface area contributed by atoms with E-state index in [1.807, 2.05) is 24.3 Å². The van der Waals surface area contributed by atoms with Crippen LogP contribution in [0.3, 0.4) is 0 Å². The average Bonchev–Trinajstić information content (AvgIpc) is 3.18. The lowest BCUT2D eigenvalue weighted by Crippen LogP contribution is -2.05. The summed E-state index contributed by atoms with van der Waals surface area (Å²) in [5.41, 5.74) is 7.68. The Bertz CT molecular complexity index is 561. The predicted molar refractivity (Wildman–Crippen MR) is 75.0 cm³/mol. The van der Waals surface area contributed by atoms with Gasteiger partial charge in [0.25, 0.3) is 5.89 Å². The fourth-order valence-electron chi connectivity index (χ4n) is 2.36. The van der Waals surface area contributed by atoms with E-state index >= 15 is 0 Å². The van der Waals surface area contributed by atoms with Crippen molar-refractivity contribution in [1.82, 2.24) is 10.1 Å². The first-order chi connectivity index (χ1) is 9.81. The highest BCUT2D eigenvalue weighted by molar-refractivity contribution is 5.53. The number of hydrogen-bond acceptors (Lipinski definition) is 5. The summed E-state index contributed by atoms with van der Waals surface area (Å²) in [4.78, 5) is 4.46. The third kappa shape index (κ3) is 2.73. The highest BCUT2D eigenvalue weighted by Gasteiger charge is 2.35. The molecule has 1 saturated carbocycles. The summed E-state index contributed by atoms with van der Waals surface area (Å²) >= 11 is 0. The van der Waals surface area contributed by atoms with Gasteiger partial charge in [-0.2, -0.15) is 4.98 Å². The number of aromatic nitrogens is 2. The van der Waals surface area contributed by atoms with Crippen LogP contribution in [0.15, 0.2) is 28.8 Å². The normalized spacial score (nSPS) is 16.3. The zero-order valence-corrected chi connectivity index (χ0v) is 11.6. The lowest BCUT2D eigenvalue weighted by Gasteiger charge is -2.08. The predicted octanol–water partition coefficient (Wildman–Crippen LogP) is 2.34. The van der Waals surface area contributed by atoms with Crippen LogP contribution in [0.2, 0.25) is 0 Å². The molecule has 1 unspecified atom stereocenters. The lowest BCUT2D eigenvalue weighted by atomic mass is 10.1. The van der Waals surface area contributed by atoms with Gasteiger partial charge in [-0.15, -0.1) is 0 Å². The van der Waals surface area contributed by atoms with Crippen LogP contribution in [0.5, 0.6) is 0 Å². The molecule has 1 fully saturated rings. The molecule has 1 aromatic heterocycles. The van der Waals surface area contributed by atoms with Crippen molar-refractivity contribution in [3.8, 4) is 11.5 Å². The molecule has 1 aliphatic carbocycles. The fourth-order valence-corrected chi connectivity index (χ4v) is 2.36. The van der Waals surface area contributed by atoms with E-state index in [-0.39, 0.29) is 6.10 Å². The minimum atomic E-state index is -0.0380. The third-order valence-electron chi connectivity index (χ3n) is 3.63. The highest BCUT2D eigenvalue weighted by atomic mass is 16.5. The van der Waals surface area contributed by atoms with Crippen molar-refractivity contribution in [2.75, 3.05) is 13.7 Å². The van der Waals surface area contributed by atoms with Gasteiger partial charge in [0.15, 0.2) is 0 Å². The summed E-state index contributed by atoms with van der Waals surface area (Å²) < 4.78 is 10.8. The standard InChI is InChI=1S/C15H19N3O2/c1-19-13(11-6-7-11)14-17-15(20-18-14)12-4-2-10(3-5-12)8-9-16/h2-5,11,13H,6-9,16H2,1H3. The SMILES string of the molecule is COC(c1noc(-c2ccc(CCN)cc2)n1)C1CC1. The fraction of sp³-hybridized carbons (Fsp3) is 0.467. The minimum Gasteiger partial charge on any atom is -0.373 e. The molecular formula is C15H19N3O2. The van der Waals surface area contributed by atoms with Crippen molar-refractivity contribution >= 4 is 0 Å².